The Bertz CT molecular complexity index is 624. The molecule has 3 rings (SSSR count). The number of hydrogen-bond donors (Lipinski definition) is 0. The molecule has 2 aliphatic heterocycles. The van der Waals surface area contributed by atoms with Crippen molar-refractivity contribution in [3.63, 3.8) is 0 Å². The summed E-state index contributed by atoms with van der Waals surface area (Å²) in [7, 11) is -3.48. The molecule has 128 valence electrons. The number of hydrogen-bond acceptors (Lipinski definition) is 4. The van der Waals surface area contributed by atoms with Crippen LogP contribution in [0.15, 0.2) is 29.2 Å². The molecular weight excluding hydrogens is 336 g/mol. The highest BCUT2D eigenvalue weighted by Crippen LogP contribution is 2.28. The Kier molecular flexibility index (Phi) is 5.59. The largest absolute Gasteiger partial charge is 0.379 e. The molecule has 0 unspecified atom stereocenters. The van der Waals surface area contributed by atoms with Crippen molar-refractivity contribution in [3.8, 4) is 0 Å². The van der Waals surface area contributed by atoms with Gasteiger partial charge in [-0.2, -0.15) is 4.31 Å². The first kappa shape index (κ1) is 17.2. The van der Waals surface area contributed by atoms with Gasteiger partial charge in [0.15, 0.2) is 0 Å². The Labute approximate surface area is 143 Å². The van der Waals surface area contributed by atoms with Crippen molar-refractivity contribution in [2.45, 2.75) is 17.7 Å². The number of rotatable bonds is 4. The predicted molar refractivity (Wildman–Crippen MR) is 90.2 cm³/mol. The lowest BCUT2D eigenvalue weighted by atomic mass is 9.97. The van der Waals surface area contributed by atoms with E-state index in [4.69, 9.17) is 16.3 Å². The number of ether oxygens (including phenoxy) is 1. The normalized spacial score (nSPS) is 22.3. The Morgan fingerprint density at radius 2 is 1.74 bits per heavy atom. The molecule has 1 aromatic rings. The summed E-state index contributed by atoms with van der Waals surface area (Å²) in [5, 5.41) is 0.294. The van der Waals surface area contributed by atoms with Crippen molar-refractivity contribution in [2.24, 2.45) is 5.92 Å². The summed E-state index contributed by atoms with van der Waals surface area (Å²) >= 11 is 6.06. The molecule has 1 aromatic carbocycles. The molecule has 23 heavy (non-hydrogen) atoms. The van der Waals surface area contributed by atoms with Gasteiger partial charge >= 0.3 is 0 Å². The molecule has 0 N–H and O–H groups in total. The number of nitrogens with zero attached hydrogens (tertiary/aromatic N) is 2. The fraction of sp³-hybridized carbons (Fsp3) is 0.625. The Hall–Kier alpha value is -0.660. The average molecular weight is 359 g/mol. The van der Waals surface area contributed by atoms with Crippen LogP contribution in [0.25, 0.3) is 0 Å². The fourth-order valence-corrected chi connectivity index (χ4v) is 5.24. The molecule has 0 aliphatic carbocycles. The van der Waals surface area contributed by atoms with Crippen LogP contribution in [-0.2, 0) is 14.8 Å². The SMILES string of the molecule is O=S(=O)(c1ccccc1Cl)N1CCC(CN2CCOCC2)CC1. The van der Waals surface area contributed by atoms with Gasteiger partial charge in [0.1, 0.15) is 4.90 Å². The number of morpholine rings is 1. The fourth-order valence-electron chi connectivity index (χ4n) is 3.27. The van der Waals surface area contributed by atoms with Gasteiger partial charge in [-0.3, -0.25) is 4.90 Å². The molecule has 0 spiro atoms. The van der Waals surface area contributed by atoms with E-state index in [0.717, 1.165) is 45.7 Å². The zero-order valence-electron chi connectivity index (χ0n) is 13.2. The highest BCUT2D eigenvalue weighted by molar-refractivity contribution is 7.89. The van der Waals surface area contributed by atoms with Crippen LogP contribution >= 0.6 is 11.6 Å². The van der Waals surface area contributed by atoms with Gasteiger partial charge in [0, 0.05) is 32.7 Å². The summed E-state index contributed by atoms with van der Waals surface area (Å²) in [5.41, 5.74) is 0. The Balaban J connectivity index is 1.59. The van der Waals surface area contributed by atoms with E-state index in [-0.39, 0.29) is 4.90 Å². The van der Waals surface area contributed by atoms with E-state index in [9.17, 15) is 8.42 Å². The second-order valence-corrected chi connectivity index (χ2v) is 8.50. The molecule has 5 nitrogen and oxygen atoms in total. The van der Waals surface area contributed by atoms with Gasteiger partial charge in [0.25, 0.3) is 0 Å². The topological polar surface area (TPSA) is 49.9 Å². The van der Waals surface area contributed by atoms with Crippen LogP contribution in [0.1, 0.15) is 12.8 Å². The summed E-state index contributed by atoms with van der Waals surface area (Å²) in [5.74, 6) is 0.561. The molecule has 2 fully saturated rings. The Morgan fingerprint density at radius 3 is 2.39 bits per heavy atom. The maximum Gasteiger partial charge on any atom is 0.244 e. The van der Waals surface area contributed by atoms with Crippen molar-refractivity contribution in [1.82, 2.24) is 9.21 Å². The number of sulfonamides is 1. The average Bonchev–Trinajstić information content (AvgIpc) is 2.56. The van der Waals surface area contributed by atoms with Crippen LogP contribution in [0.4, 0.5) is 0 Å². The maximum atomic E-state index is 12.7. The molecule has 2 heterocycles. The highest BCUT2D eigenvalue weighted by atomic mass is 35.5. The van der Waals surface area contributed by atoms with Gasteiger partial charge in [-0.15, -0.1) is 0 Å². The van der Waals surface area contributed by atoms with Gasteiger partial charge in [-0.25, -0.2) is 8.42 Å². The van der Waals surface area contributed by atoms with Crippen molar-refractivity contribution < 1.29 is 13.2 Å². The first-order valence-electron chi connectivity index (χ1n) is 8.12. The third kappa shape index (κ3) is 4.06. The third-order valence-electron chi connectivity index (χ3n) is 4.65. The van der Waals surface area contributed by atoms with Crippen molar-refractivity contribution in [2.75, 3.05) is 45.9 Å². The smallest absolute Gasteiger partial charge is 0.244 e. The lowest BCUT2D eigenvalue weighted by Crippen LogP contribution is -2.44. The minimum absolute atomic E-state index is 0.216. The van der Waals surface area contributed by atoms with Crippen LogP contribution in [0.5, 0.6) is 0 Å². The monoisotopic (exact) mass is 358 g/mol. The summed E-state index contributed by atoms with van der Waals surface area (Å²) < 4.78 is 32.4. The Morgan fingerprint density at radius 1 is 1.09 bits per heavy atom. The standard InChI is InChI=1S/C16H23ClN2O3S/c17-15-3-1-2-4-16(15)23(20,21)19-7-5-14(6-8-19)13-18-9-11-22-12-10-18/h1-4,14H,5-13H2. The van der Waals surface area contributed by atoms with E-state index in [1.165, 1.54) is 0 Å². The van der Waals surface area contributed by atoms with Gasteiger partial charge in [0.05, 0.1) is 18.2 Å². The minimum atomic E-state index is -3.48. The van der Waals surface area contributed by atoms with Crippen LogP contribution in [0.3, 0.4) is 0 Å². The number of halogens is 1. The van der Waals surface area contributed by atoms with Gasteiger partial charge in [-0.1, -0.05) is 23.7 Å². The zero-order chi connectivity index (χ0) is 16.3. The van der Waals surface area contributed by atoms with Gasteiger partial charge in [-0.05, 0) is 30.9 Å². The van der Waals surface area contributed by atoms with Crippen molar-refractivity contribution in [3.05, 3.63) is 29.3 Å². The summed E-state index contributed by atoms with van der Waals surface area (Å²) in [6.07, 6.45) is 1.81. The first-order chi connectivity index (χ1) is 11.1. The van der Waals surface area contributed by atoms with Gasteiger partial charge < -0.3 is 4.74 Å². The van der Waals surface area contributed by atoms with E-state index < -0.39 is 10.0 Å². The van der Waals surface area contributed by atoms with Crippen LogP contribution in [0, 0.1) is 5.92 Å². The molecule has 2 aliphatic rings. The lowest BCUT2D eigenvalue weighted by Gasteiger charge is -2.35. The second-order valence-electron chi connectivity index (χ2n) is 6.19. The predicted octanol–water partition coefficient (Wildman–Crippen LogP) is 2.07. The molecule has 7 heteroatoms. The van der Waals surface area contributed by atoms with Crippen molar-refractivity contribution in [1.29, 1.82) is 0 Å². The van der Waals surface area contributed by atoms with Gasteiger partial charge in [0.2, 0.25) is 10.0 Å². The summed E-state index contributed by atoms with van der Waals surface area (Å²) in [4.78, 5) is 2.64. The van der Waals surface area contributed by atoms with Crippen LogP contribution < -0.4 is 0 Å². The van der Waals surface area contributed by atoms with Crippen molar-refractivity contribution >= 4 is 21.6 Å². The number of piperidine rings is 1. The first-order valence-corrected chi connectivity index (χ1v) is 9.94. The molecule has 0 aromatic heterocycles. The highest BCUT2D eigenvalue weighted by Gasteiger charge is 2.31. The molecule has 2 saturated heterocycles. The molecule has 0 radical (unpaired) electrons. The molecule has 0 atom stereocenters. The second kappa shape index (κ2) is 7.49. The molecular formula is C16H23ClN2O3S. The molecule has 0 bridgehead atoms. The van der Waals surface area contributed by atoms with E-state index in [1.54, 1.807) is 28.6 Å². The minimum Gasteiger partial charge on any atom is -0.379 e. The maximum absolute atomic E-state index is 12.7. The van der Waals surface area contributed by atoms with E-state index in [1.807, 2.05) is 0 Å². The molecule has 0 saturated carbocycles. The lowest BCUT2D eigenvalue weighted by molar-refractivity contribution is 0.0269. The number of benzene rings is 1. The third-order valence-corrected chi connectivity index (χ3v) is 7.05. The molecule has 0 amide bonds. The van der Waals surface area contributed by atoms with E-state index >= 15 is 0 Å². The zero-order valence-corrected chi connectivity index (χ0v) is 14.7. The van der Waals surface area contributed by atoms with Crippen LogP contribution in [-0.4, -0.2) is 63.6 Å². The summed E-state index contributed by atoms with van der Waals surface area (Å²) in [6, 6.07) is 6.66. The van der Waals surface area contributed by atoms with Crippen LogP contribution in [0.2, 0.25) is 5.02 Å². The summed E-state index contributed by atoms with van der Waals surface area (Å²) in [6.45, 7) is 5.77. The van der Waals surface area contributed by atoms with E-state index in [0.29, 0.717) is 24.0 Å². The quantitative estimate of drug-likeness (QED) is 0.826. The van der Waals surface area contributed by atoms with E-state index in [2.05, 4.69) is 4.90 Å².